The number of amides is 2. The second kappa shape index (κ2) is 8.89. The number of carbonyl (C=O) groups is 2. The second-order valence-corrected chi connectivity index (χ2v) is 9.39. The molecule has 2 aromatic rings. The highest BCUT2D eigenvalue weighted by atomic mass is 32.2. The van der Waals surface area contributed by atoms with Gasteiger partial charge >= 0.3 is 0 Å². The molecule has 152 valence electrons. The van der Waals surface area contributed by atoms with Gasteiger partial charge in [0.2, 0.25) is 15.9 Å². The highest BCUT2D eigenvalue weighted by Gasteiger charge is 2.31. The van der Waals surface area contributed by atoms with E-state index in [4.69, 9.17) is 4.42 Å². The van der Waals surface area contributed by atoms with Crippen LogP contribution in [0.3, 0.4) is 0 Å². The van der Waals surface area contributed by atoms with Crippen LogP contribution in [-0.4, -0.2) is 43.7 Å². The van der Waals surface area contributed by atoms with E-state index in [-0.39, 0.29) is 22.2 Å². The summed E-state index contributed by atoms with van der Waals surface area (Å²) in [5.74, 6) is -0.368. The third-order valence-electron chi connectivity index (χ3n) is 4.53. The summed E-state index contributed by atoms with van der Waals surface area (Å²) in [4.78, 5) is 24.9. The Morgan fingerprint density at radius 2 is 2.00 bits per heavy atom. The Bertz CT molecular complexity index is 915. The number of carbonyl (C=O) groups excluding carboxylic acids is 2. The molecular formula is C18H23N3O5S2. The lowest BCUT2D eigenvalue weighted by Crippen LogP contribution is -2.44. The number of sulfonamides is 1. The number of nitrogens with one attached hydrogen (secondary N) is 2. The largest absolute Gasteiger partial charge is 0.467 e. The summed E-state index contributed by atoms with van der Waals surface area (Å²) in [6, 6.07) is 4.07. The first-order valence-electron chi connectivity index (χ1n) is 9.08. The summed E-state index contributed by atoms with van der Waals surface area (Å²) in [5, 5.41) is 6.81. The van der Waals surface area contributed by atoms with Gasteiger partial charge in [-0.15, -0.1) is 11.3 Å². The maximum Gasteiger partial charge on any atom is 0.263 e. The molecule has 8 nitrogen and oxygen atoms in total. The van der Waals surface area contributed by atoms with Crippen molar-refractivity contribution in [2.75, 3.05) is 13.1 Å². The summed E-state index contributed by atoms with van der Waals surface area (Å²) < 4.78 is 32.3. The molecule has 0 aliphatic carbocycles. The molecule has 1 atom stereocenters. The van der Waals surface area contributed by atoms with Gasteiger partial charge in [0.15, 0.2) is 0 Å². The highest BCUT2D eigenvalue weighted by molar-refractivity contribution is 7.89. The molecule has 2 aromatic heterocycles. The van der Waals surface area contributed by atoms with Gasteiger partial charge in [-0.05, 0) is 43.3 Å². The number of furan rings is 1. The molecule has 2 amide bonds. The van der Waals surface area contributed by atoms with E-state index in [1.807, 2.05) is 0 Å². The SMILES string of the molecule is CC(NC(=O)c1sccc1S(=O)(=O)N1CCCCC1)C(=O)NCc1ccco1. The van der Waals surface area contributed by atoms with E-state index in [0.29, 0.717) is 18.8 Å². The van der Waals surface area contributed by atoms with Gasteiger partial charge in [-0.3, -0.25) is 9.59 Å². The van der Waals surface area contributed by atoms with E-state index in [1.165, 1.54) is 16.6 Å². The normalized spacial score (nSPS) is 16.5. The van der Waals surface area contributed by atoms with Crippen molar-refractivity contribution in [3.05, 3.63) is 40.5 Å². The molecule has 0 aromatic carbocycles. The predicted octanol–water partition coefficient (Wildman–Crippen LogP) is 1.95. The number of rotatable bonds is 7. The fourth-order valence-corrected chi connectivity index (χ4v) is 5.80. The first-order valence-corrected chi connectivity index (χ1v) is 11.4. The van der Waals surface area contributed by atoms with Gasteiger partial charge in [0.25, 0.3) is 5.91 Å². The van der Waals surface area contributed by atoms with Crippen LogP contribution in [0.15, 0.2) is 39.2 Å². The molecule has 1 saturated heterocycles. The summed E-state index contributed by atoms with van der Waals surface area (Å²) in [7, 11) is -3.72. The summed E-state index contributed by atoms with van der Waals surface area (Å²) >= 11 is 1.05. The molecule has 1 fully saturated rings. The summed E-state index contributed by atoms with van der Waals surface area (Å²) in [6.07, 6.45) is 4.15. The van der Waals surface area contributed by atoms with Crippen molar-refractivity contribution in [2.24, 2.45) is 0 Å². The zero-order valence-corrected chi connectivity index (χ0v) is 17.1. The van der Waals surface area contributed by atoms with Crippen molar-refractivity contribution in [3.8, 4) is 0 Å². The zero-order chi connectivity index (χ0) is 20.1. The van der Waals surface area contributed by atoms with Crippen LogP contribution in [0.4, 0.5) is 0 Å². The van der Waals surface area contributed by atoms with Gasteiger partial charge in [-0.2, -0.15) is 4.31 Å². The lowest BCUT2D eigenvalue weighted by molar-refractivity contribution is -0.122. The summed E-state index contributed by atoms with van der Waals surface area (Å²) in [5.41, 5.74) is 0. The molecule has 1 aliphatic heterocycles. The van der Waals surface area contributed by atoms with E-state index < -0.39 is 22.0 Å². The maximum absolute atomic E-state index is 12.9. The van der Waals surface area contributed by atoms with Crippen LogP contribution in [-0.2, 0) is 21.4 Å². The average molecular weight is 426 g/mol. The molecule has 28 heavy (non-hydrogen) atoms. The molecule has 0 radical (unpaired) electrons. The Balaban J connectivity index is 1.64. The molecule has 1 aliphatic rings. The van der Waals surface area contributed by atoms with Crippen LogP contribution < -0.4 is 10.6 Å². The number of nitrogens with zero attached hydrogens (tertiary/aromatic N) is 1. The van der Waals surface area contributed by atoms with Crippen molar-refractivity contribution in [2.45, 2.75) is 43.7 Å². The summed E-state index contributed by atoms with van der Waals surface area (Å²) in [6.45, 7) is 2.68. The molecular weight excluding hydrogens is 402 g/mol. The predicted molar refractivity (Wildman–Crippen MR) is 104 cm³/mol. The second-order valence-electron chi connectivity index (χ2n) is 6.57. The molecule has 0 saturated carbocycles. The topological polar surface area (TPSA) is 109 Å². The maximum atomic E-state index is 12.9. The molecule has 3 rings (SSSR count). The number of piperidine rings is 1. The zero-order valence-electron chi connectivity index (χ0n) is 15.5. The molecule has 3 heterocycles. The lowest BCUT2D eigenvalue weighted by atomic mass is 10.2. The van der Waals surface area contributed by atoms with Crippen LogP contribution in [0.2, 0.25) is 0 Å². The smallest absolute Gasteiger partial charge is 0.263 e. The van der Waals surface area contributed by atoms with Gasteiger partial charge < -0.3 is 15.1 Å². The Kier molecular flexibility index (Phi) is 6.53. The third kappa shape index (κ3) is 4.62. The number of thiophene rings is 1. The first-order chi connectivity index (χ1) is 13.4. The van der Waals surface area contributed by atoms with Crippen LogP contribution in [0.5, 0.6) is 0 Å². The fourth-order valence-electron chi connectivity index (χ4n) is 2.98. The Hall–Kier alpha value is -2.17. The third-order valence-corrected chi connectivity index (χ3v) is 7.51. The van der Waals surface area contributed by atoms with E-state index in [0.717, 1.165) is 30.6 Å². The van der Waals surface area contributed by atoms with Gasteiger partial charge in [0, 0.05) is 13.1 Å². The van der Waals surface area contributed by atoms with Gasteiger partial charge in [-0.25, -0.2) is 8.42 Å². The van der Waals surface area contributed by atoms with E-state index >= 15 is 0 Å². The van der Waals surface area contributed by atoms with E-state index in [2.05, 4.69) is 10.6 Å². The van der Waals surface area contributed by atoms with Crippen molar-refractivity contribution < 1.29 is 22.4 Å². The molecule has 10 heteroatoms. The van der Waals surface area contributed by atoms with Crippen LogP contribution >= 0.6 is 11.3 Å². The quantitative estimate of drug-likeness (QED) is 0.705. The highest BCUT2D eigenvalue weighted by Crippen LogP contribution is 2.27. The molecule has 0 bridgehead atoms. The standard InChI is InChI=1S/C18H23N3O5S2/c1-13(17(22)19-12-14-6-5-10-26-14)20-18(23)16-15(7-11-27-16)28(24,25)21-8-3-2-4-9-21/h5-7,10-11,13H,2-4,8-9,12H2,1H3,(H,19,22)(H,20,23). The number of hydrogen-bond acceptors (Lipinski definition) is 6. The van der Waals surface area contributed by atoms with Crippen molar-refractivity contribution in [1.29, 1.82) is 0 Å². The Labute approximate surface area is 168 Å². The minimum Gasteiger partial charge on any atom is -0.467 e. The lowest BCUT2D eigenvalue weighted by Gasteiger charge is -2.25. The van der Waals surface area contributed by atoms with Crippen LogP contribution in [0.25, 0.3) is 0 Å². The van der Waals surface area contributed by atoms with Gasteiger partial charge in [0.1, 0.15) is 21.6 Å². The Morgan fingerprint density at radius 1 is 1.25 bits per heavy atom. The first kappa shape index (κ1) is 20.6. The van der Waals surface area contributed by atoms with E-state index in [1.54, 1.807) is 24.4 Å². The van der Waals surface area contributed by atoms with Crippen LogP contribution in [0.1, 0.15) is 41.6 Å². The molecule has 1 unspecified atom stereocenters. The van der Waals surface area contributed by atoms with Crippen molar-refractivity contribution in [3.63, 3.8) is 0 Å². The van der Waals surface area contributed by atoms with Crippen LogP contribution in [0, 0.1) is 0 Å². The Morgan fingerprint density at radius 3 is 2.68 bits per heavy atom. The van der Waals surface area contributed by atoms with Crippen molar-refractivity contribution in [1.82, 2.24) is 14.9 Å². The fraction of sp³-hybridized carbons (Fsp3) is 0.444. The number of hydrogen-bond donors (Lipinski definition) is 2. The molecule has 2 N–H and O–H groups in total. The van der Waals surface area contributed by atoms with Crippen molar-refractivity contribution >= 4 is 33.2 Å². The average Bonchev–Trinajstić information content (AvgIpc) is 3.38. The molecule has 0 spiro atoms. The van der Waals surface area contributed by atoms with Gasteiger partial charge in [0.05, 0.1) is 12.8 Å². The van der Waals surface area contributed by atoms with E-state index in [9.17, 15) is 18.0 Å². The minimum atomic E-state index is -3.72. The van der Waals surface area contributed by atoms with Gasteiger partial charge in [-0.1, -0.05) is 6.42 Å². The minimum absolute atomic E-state index is 0.0000868. The monoisotopic (exact) mass is 425 g/mol.